The molecule has 0 heterocycles. The molecule has 0 aliphatic carbocycles. The van der Waals surface area contributed by atoms with Crippen molar-refractivity contribution in [3.05, 3.63) is 72.9 Å². The molecular weight excluding hydrogens is 713 g/mol. The molecule has 0 aliphatic rings. The average Bonchev–Trinajstić information content (AvgIpc) is 3.13. The average molecular weight is 792 g/mol. The molecule has 0 bridgehead atoms. The Balaban J connectivity index is 4.52. The number of phosphoric acid groups is 1. The van der Waals surface area contributed by atoms with Crippen LogP contribution in [0.2, 0.25) is 0 Å². The first-order valence-corrected chi connectivity index (χ1v) is 22.6. The van der Waals surface area contributed by atoms with Gasteiger partial charge in [0.2, 0.25) is 0 Å². The second kappa shape index (κ2) is 37.1. The maximum absolute atomic E-state index is 12.6. The Labute approximate surface area is 336 Å². The number of esters is 2. The van der Waals surface area contributed by atoms with Crippen molar-refractivity contribution in [3.8, 4) is 0 Å². The van der Waals surface area contributed by atoms with Gasteiger partial charge in [-0.05, 0) is 77.0 Å². The summed E-state index contributed by atoms with van der Waals surface area (Å²) in [6.07, 6.45) is 45.0. The highest BCUT2D eigenvalue weighted by Gasteiger charge is 2.21. The minimum atomic E-state index is -4.64. The number of quaternary nitrogens is 1. The Morgan fingerprint density at radius 2 is 1.02 bits per heavy atom. The summed E-state index contributed by atoms with van der Waals surface area (Å²) in [6, 6.07) is 0. The highest BCUT2D eigenvalue weighted by Crippen LogP contribution is 2.38. The summed E-state index contributed by atoms with van der Waals surface area (Å²) < 4.78 is 33.8. The van der Waals surface area contributed by atoms with Crippen molar-refractivity contribution in [1.29, 1.82) is 0 Å². The third kappa shape index (κ3) is 40.9. The minimum Gasteiger partial charge on any atom is -0.756 e. The van der Waals surface area contributed by atoms with Gasteiger partial charge in [-0.2, -0.15) is 0 Å². The number of nitrogens with zero attached hydrogens (tertiary/aromatic N) is 1. The number of phosphoric ester groups is 1. The number of hydrogen-bond acceptors (Lipinski definition) is 8. The van der Waals surface area contributed by atoms with E-state index in [9.17, 15) is 19.0 Å². The van der Waals surface area contributed by atoms with Crippen molar-refractivity contribution < 1.29 is 42.1 Å². The van der Waals surface area contributed by atoms with Gasteiger partial charge in [-0.1, -0.05) is 132 Å². The standard InChI is InChI=1S/C45H78NO8P/c1-6-8-10-12-14-16-18-20-22-23-24-26-27-29-31-33-35-37-44(47)51-41-43(42-53-55(49,50)52-40-39-46(3,4)5)54-45(48)38-36-34-32-30-28-25-21-19-17-15-13-11-9-7-2/h13-16,19-22,24,26,29,31,43H,6-12,17-18,23,25,27-28,30,32-42H2,1-5H3/b15-13+,16-14+,21-19+,22-20+,26-24+,31-29+/t43-/m1/s1. The Hall–Kier alpha value is -2.55. The molecule has 0 saturated carbocycles. The Kier molecular flexibility index (Phi) is 35.3. The molecule has 55 heavy (non-hydrogen) atoms. The van der Waals surface area contributed by atoms with Crippen molar-refractivity contribution in [3.63, 3.8) is 0 Å². The van der Waals surface area contributed by atoms with Gasteiger partial charge in [0.15, 0.2) is 6.10 Å². The highest BCUT2D eigenvalue weighted by atomic mass is 31.2. The van der Waals surface area contributed by atoms with Crippen LogP contribution in [0.3, 0.4) is 0 Å². The molecule has 0 aliphatic heterocycles. The number of rotatable bonds is 37. The zero-order valence-electron chi connectivity index (χ0n) is 35.3. The lowest BCUT2D eigenvalue weighted by Gasteiger charge is -2.28. The van der Waals surface area contributed by atoms with Gasteiger partial charge in [-0.25, -0.2) is 0 Å². The first-order valence-electron chi connectivity index (χ1n) is 21.1. The largest absolute Gasteiger partial charge is 0.756 e. The van der Waals surface area contributed by atoms with E-state index in [1.165, 1.54) is 38.5 Å². The fourth-order valence-corrected chi connectivity index (χ4v) is 5.80. The smallest absolute Gasteiger partial charge is 0.306 e. The summed E-state index contributed by atoms with van der Waals surface area (Å²) in [6.45, 7) is 4.05. The number of ether oxygens (including phenoxy) is 2. The van der Waals surface area contributed by atoms with Gasteiger partial charge in [-0.3, -0.25) is 14.2 Å². The van der Waals surface area contributed by atoms with E-state index >= 15 is 0 Å². The van der Waals surface area contributed by atoms with Crippen LogP contribution in [0.4, 0.5) is 0 Å². The van der Waals surface area contributed by atoms with Crippen molar-refractivity contribution in [2.75, 3.05) is 47.5 Å². The van der Waals surface area contributed by atoms with Gasteiger partial charge >= 0.3 is 11.9 Å². The van der Waals surface area contributed by atoms with Gasteiger partial charge in [0.05, 0.1) is 27.7 Å². The van der Waals surface area contributed by atoms with Gasteiger partial charge in [0, 0.05) is 12.8 Å². The summed E-state index contributed by atoms with van der Waals surface area (Å²) >= 11 is 0. The minimum absolute atomic E-state index is 0.0457. The van der Waals surface area contributed by atoms with E-state index in [-0.39, 0.29) is 26.1 Å². The lowest BCUT2D eigenvalue weighted by atomic mass is 10.1. The van der Waals surface area contributed by atoms with Crippen LogP contribution in [-0.4, -0.2) is 70.0 Å². The lowest BCUT2D eigenvalue weighted by Crippen LogP contribution is -2.37. The van der Waals surface area contributed by atoms with E-state index in [4.69, 9.17) is 18.5 Å². The van der Waals surface area contributed by atoms with Crippen LogP contribution in [-0.2, 0) is 32.7 Å². The Morgan fingerprint density at radius 3 is 1.56 bits per heavy atom. The molecular formula is C45H78NO8P. The summed E-state index contributed by atoms with van der Waals surface area (Å²) in [4.78, 5) is 37.4. The quantitative estimate of drug-likeness (QED) is 0.0201. The normalized spacial score (nSPS) is 14.4. The molecule has 0 aromatic heterocycles. The first-order chi connectivity index (χ1) is 26.5. The number of allylic oxidation sites excluding steroid dienone is 12. The molecule has 316 valence electrons. The summed E-state index contributed by atoms with van der Waals surface area (Å²) in [5.74, 6) is -0.925. The van der Waals surface area contributed by atoms with Crippen LogP contribution in [0.1, 0.15) is 149 Å². The van der Waals surface area contributed by atoms with Crippen molar-refractivity contribution >= 4 is 19.8 Å². The monoisotopic (exact) mass is 792 g/mol. The van der Waals surface area contributed by atoms with Crippen LogP contribution >= 0.6 is 7.82 Å². The van der Waals surface area contributed by atoms with Gasteiger partial charge in [0.1, 0.15) is 19.8 Å². The fraction of sp³-hybridized carbons (Fsp3) is 0.689. The van der Waals surface area contributed by atoms with Gasteiger partial charge < -0.3 is 27.9 Å². The Bertz CT molecular complexity index is 1170. The van der Waals surface area contributed by atoms with Crippen molar-refractivity contribution in [2.45, 2.75) is 155 Å². The number of hydrogen-bond donors (Lipinski definition) is 0. The Morgan fingerprint density at radius 1 is 0.564 bits per heavy atom. The molecule has 0 aromatic rings. The summed E-state index contributed by atoms with van der Waals surface area (Å²) in [5, 5.41) is 0. The van der Waals surface area contributed by atoms with Crippen LogP contribution < -0.4 is 4.89 Å². The zero-order valence-corrected chi connectivity index (χ0v) is 36.2. The van der Waals surface area contributed by atoms with Crippen LogP contribution in [0, 0.1) is 0 Å². The van der Waals surface area contributed by atoms with E-state index in [0.717, 1.165) is 70.6 Å². The molecule has 0 amide bonds. The molecule has 0 saturated heterocycles. The predicted molar refractivity (Wildman–Crippen MR) is 226 cm³/mol. The maximum atomic E-state index is 12.6. The molecule has 10 heteroatoms. The van der Waals surface area contributed by atoms with E-state index in [1.807, 2.05) is 27.2 Å². The van der Waals surface area contributed by atoms with Crippen molar-refractivity contribution in [2.24, 2.45) is 0 Å². The molecule has 0 aromatic carbocycles. The molecule has 0 fully saturated rings. The SMILES string of the molecule is CCCC/C=C/C/C=C/CCCCCCCC(=O)O[C@H](COC(=O)CCC/C=C/C/C=C/C/C=C/C/C=C/CCCCC)COP(=O)([O-])OCC[N+](C)(C)C. The molecule has 9 nitrogen and oxygen atoms in total. The topological polar surface area (TPSA) is 111 Å². The zero-order chi connectivity index (χ0) is 40.7. The first kappa shape index (κ1) is 52.5. The van der Waals surface area contributed by atoms with Crippen LogP contribution in [0.15, 0.2) is 72.9 Å². The number of likely N-dealkylation sites (N-methyl/N-ethyl adjacent to an activating group) is 1. The summed E-state index contributed by atoms with van der Waals surface area (Å²) in [5.41, 5.74) is 0. The number of carbonyl (C=O) groups excluding carboxylic acids is 2. The number of carbonyl (C=O) groups is 2. The lowest BCUT2D eigenvalue weighted by molar-refractivity contribution is -0.870. The molecule has 2 atom stereocenters. The third-order valence-corrected chi connectivity index (χ3v) is 9.41. The van der Waals surface area contributed by atoms with E-state index in [0.29, 0.717) is 23.9 Å². The molecule has 1 unspecified atom stereocenters. The van der Waals surface area contributed by atoms with Gasteiger partial charge in [-0.15, -0.1) is 0 Å². The van der Waals surface area contributed by atoms with E-state index in [1.54, 1.807) is 0 Å². The fourth-order valence-electron chi connectivity index (χ4n) is 5.07. The molecule has 0 spiro atoms. The van der Waals surface area contributed by atoms with E-state index < -0.39 is 32.5 Å². The summed E-state index contributed by atoms with van der Waals surface area (Å²) in [7, 11) is 1.11. The van der Waals surface area contributed by atoms with E-state index in [2.05, 4.69) is 80.7 Å². The second-order valence-corrected chi connectivity index (χ2v) is 16.4. The van der Waals surface area contributed by atoms with Crippen LogP contribution in [0.25, 0.3) is 0 Å². The molecule has 0 radical (unpaired) electrons. The van der Waals surface area contributed by atoms with Gasteiger partial charge in [0.25, 0.3) is 7.82 Å². The molecule has 0 N–H and O–H groups in total. The van der Waals surface area contributed by atoms with Crippen LogP contribution in [0.5, 0.6) is 0 Å². The second-order valence-electron chi connectivity index (χ2n) is 15.0. The van der Waals surface area contributed by atoms with Crippen molar-refractivity contribution in [1.82, 2.24) is 0 Å². The highest BCUT2D eigenvalue weighted by molar-refractivity contribution is 7.45. The third-order valence-electron chi connectivity index (χ3n) is 8.45. The molecule has 0 rings (SSSR count). The predicted octanol–water partition coefficient (Wildman–Crippen LogP) is 11.2. The maximum Gasteiger partial charge on any atom is 0.306 e. The number of unbranched alkanes of at least 4 members (excludes halogenated alkanes) is 11.